The van der Waals surface area contributed by atoms with E-state index in [4.69, 9.17) is 0 Å². The molecule has 0 amide bonds. The molecule has 64 heavy (non-hydrogen) atoms. The Hall–Kier alpha value is -7.73. The largest absolute Gasteiger partial charge is 0.673 e. The third kappa shape index (κ3) is 11.8. The first-order valence-corrected chi connectivity index (χ1v) is 19.9. The fraction of sp³-hybridized carbons (Fsp3) is 0. The van der Waals surface area contributed by atoms with Crippen molar-refractivity contribution in [2.45, 2.75) is 0 Å². The van der Waals surface area contributed by atoms with E-state index in [1.807, 2.05) is 24.8 Å². The van der Waals surface area contributed by atoms with Crippen LogP contribution in [0.4, 0.5) is 34.5 Å². The molecule has 9 aromatic rings. The van der Waals surface area contributed by atoms with E-state index in [1.54, 1.807) is 0 Å². The maximum atomic E-state index is 9.75. The van der Waals surface area contributed by atoms with Gasteiger partial charge in [0.15, 0.2) is 0 Å². The molecule has 9 rings (SSSR count). The maximum Gasteiger partial charge on any atom is 0.673 e. The van der Waals surface area contributed by atoms with Crippen LogP contribution >= 0.6 is 0 Å². The summed E-state index contributed by atoms with van der Waals surface area (Å²) in [5.41, 5.74) is 15.6. The number of aromatic nitrogens is 4. The van der Waals surface area contributed by atoms with Gasteiger partial charge < -0.3 is 34.5 Å². The molecule has 0 saturated heterocycles. The molecule has 4 heterocycles. The summed E-state index contributed by atoms with van der Waals surface area (Å²) in [5, 5.41) is 0. The van der Waals surface area contributed by atoms with Gasteiger partial charge in [-0.1, -0.05) is 91.0 Å². The Kier molecular flexibility index (Phi) is 13.8. The highest BCUT2D eigenvalue weighted by atomic mass is 19.5. The van der Waals surface area contributed by atoms with Crippen molar-refractivity contribution in [2.75, 3.05) is 0 Å². The minimum atomic E-state index is -6.00. The number of rotatable bonds is 8. The molecule has 0 fully saturated rings. The van der Waals surface area contributed by atoms with Crippen LogP contribution in [0.15, 0.2) is 219 Å². The molecule has 4 aromatic heterocycles. The Bertz CT molecular complexity index is 2580. The Balaban J connectivity index is 0.000000554. The fourth-order valence-corrected chi connectivity index (χ4v) is 7.23. The van der Waals surface area contributed by atoms with Crippen molar-refractivity contribution in [1.82, 2.24) is 9.97 Å². The van der Waals surface area contributed by atoms with Crippen LogP contribution in [0.25, 0.3) is 78.7 Å². The minimum Gasteiger partial charge on any atom is -0.418 e. The molecule has 0 aliphatic rings. The molecular weight excluding hydrogens is 830 g/mol. The Morgan fingerprint density at radius 2 is 0.500 bits per heavy atom. The maximum absolute atomic E-state index is 9.75. The van der Waals surface area contributed by atoms with Crippen molar-refractivity contribution in [2.24, 2.45) is 0 Å². The van der Waals surface area contributed by atoms with Crippen molar-refractivity contribution in [1.29, 1.82) is 0 Å². The Morgan fingerprint density at radius 1 is 0.266 bits per heavy atom. The van der Waals surface area contributed by atoms with E-state index in [2.05, 4.69) is 213 Å². The molecule has 5 aromatic carbocycles. The lowest BCUT2D eigenvalue weighted by Gasteiger charge is -2.14. The van der Waals surface area contributed by atoms with E-state index in [1.165, 1.54) is 0 Å². The molecular formula is C50H36B2F8N4. The van der Waals surface area contributed by atoms with Gasteiger partial charge in [0.1, 0.15) is 0 Å². The molecule has 0 spiro atoms. The average molecular weight is 866 g/mol. The third-order valence-corrected chi connectivity index (χ3v) is 9.78. The zero-order valence-corrected chi connectivity index (χ0v) is 33.8. The number of halogens is 8. The molecule has 4 nitrogen and oxygen atoms in total. The summed E-state index contributed by atoms with van der Waals surface area (Å²) in [4.78, 5) is 8.67. The molecule has 0 radical (unpaired) electrons. The summed E-state index contributed by atoms with van der Waals surface area (Å²) in [6, 6.07) is 69.0. The summed E-state index contributed by atoms with van der Waals surface area (Å²) in [6.45, 7) is 0. The first-order chi connectivity index (χ1) is 30.8. The van der Waals surface area contributed by atoms with Crippen LogP contribution in [0, 0.1) is 0 Å². The van der Waals surface area contributed by atoms with Crippen molar-refractivity contribution in [3.8, 4) is 78.7 Å². The van der Waals surface area contributed by atoms with Crippen LogP contribution in [0.1, 0.15) is 0 Å². The topological polar surface area (TPSA) is 33.5 Å². The van der Waals surface area contributed by atoms with E-state index < -0.39 is 14.5 Å². The van der Waals surface area contributed by atoms with Gasteiger partial charge >= 0.3 is 14.5 Å². The van der Waals surface area contributed by atoms with Crippen molar-refractivity contribution in [3.05, 3.63) is 219 Å². The zero-order chi connectivity index (χ0) is 45.1. The van der Waals surface area contributed by atoms with E-state index in [9.17, 15) is 34.5 Å². The molecule has 0 unspecified atom stereocenters. The molecule has 318 valence electrons. The lowest BCUT2D eigenvalue weighted by Crippen LogP contribution is -2.36. The first-order valence-electron chi connectivity index (χ1n) is 19.9. The number of hydrogen-bond acceptors (Lipinski definition) is 2. The minimum absolute atomic E-state index is 1.05. The van der Waals surface area contributed by atoms with Gasteiger partial charge in [-0.05, 0) is 76.9 Å². The predicted octanol–water partition coefficient (Wildman–Crippen LogP) is 13.6. The van der Waals surface area contributed by atoms with Crippen molar-refractivity contribution < 1.29 is 43.7 Å². The number of benzene rings is 5. The van der Waals surface area contributed by atoms with Crippen LogP contribution in [0.2, 0.25) is 0 Å². The van der Waals surface area contributed by atoms with Crippen molar-refractivity contribution >= 4 is 14.5 Å². The Labute approximate surface area is 364 Å². The quantitative estimate of drug-likeness (QED) is 0.0866. The van der Waals surface area contributed by atoms with Gasteiger partial charge in [0.05, 0.1) is 0 Å². The van der Waals surface area contributed by atoms with Gasteiger partial charge in [0.25, 0.3) is 0 Å². The monoisotopic (exact) mass is 866 g/mol. The summed E-state index contributed by atoms with van der Waals surface area (Å²) in [6.07, 6.45) is 7.42. The molecule has 14 heteroatoms. The highest BCUT2D eigenvalue weighted by Crippen LogP contribution is 2.35. The van der Waals surface area contributed by atoms with Gasteiger partial charge in [-0.25, -0.2) is 0 Å². The van der Waals surface area contributed by atoms with E-state index >= 15 is 0 Å². The third-order valence-electron chi connectivity index (χ3n) is 9.78. The van der Waals surface area contributed by atoms with E-state index in [-0.39, 0.29) is 0 Å². The van der Waals surface area contributed by atoms with Gasteiger partial charge in [0.2, 0.25) is 34.2 Å². The highest BCUT2D eigenvalue weighted by Gasteiger charge is 2.27. The van der Waals surface area contributed by atoms with Crippen LogP contribution in [-0.4, -0.2) is 24.5 Å². The highest BCUT2D eigenvalue weighted by molar-refractivity contribution is 6.50. The van der Waals surface area contributed by atoms with Crippen LogP contribution in [0.5, 0.6) is 0 Å². The van der Waals surface area contributed by atoms with Crippen molar-refractivity contribution in [3.63, 3.8) is 0 Å². The van der Waals surface area contributed by atoms with Crippen LogP contribution in [-0.2, 0) is 0 Å². The van der Waals surface area contributed by atoms with Gasteiger partial charge in [-0.2, -0.15) is 9.13 Å². The second kappa shape index (κ2) is 20.0. The molecule has 0 bridgehead atoms. The van der Waals surface area contributed by atoms with Gasteiger partial charge in [-0.3, -0.25) is 9.97 Å². The van der Waals surface area contributed by atoms with Gasteiger partial charge in [-0.15, -0.1) is 0 Å². The lowest BCUT2D eigenvalue weighted by atomic mass is 9.94. The second-order valence-electron chi connectivity index (χ2n) is 14.1. The predicted molar refractivity (Wildman–Crippen MR) is 238 cm³/mol. The van der Waals surface area contributed by atoms with Crippen LogP contribution < -0.4 is 9.13 Å². The number of pyridine rings is 4. The smallest absolute Gasteiger partial charge is 0.418 e. The van der Waals surface area contributed by atoms with E-state index in [0.29, 0.717) is 0 Å². The fourth-order valence-electron chi connectivity index (χ4n) is 7.23. The number of nitrogens with zero attached hydrogens (tertiary/aromatic N) is 4. The molecule has 0 aliphatic heterocycles. The lowest BCUT2D eigenvalue weighted by molar-refractivity contribution is -0.572. The van der Waals surface area contributed by atoms with Crippen LogP contribution in [0.3, 0.4) is 0 Å². The van der Waals surface area contributed by atoms with E-state index in [0.717, 1.165) is 78.7 Å². The standard InChI is InChI=1S/C50H36N4.2BF4/c1-5-14-37(15-6-1)47-33-43(34-48(38-16-7-2-8-17-38)53(47)45-24-28-51-29-25-45)41-22-13-23-42(32-41)44-35-49(39-18-9-3-10-19-39)54(46-26-30-52-31-27-46)50(36-44)40-20-11-4-12-21-40;2*2-1(3,4)5/h1-36H;;/q+2;2*-1. The normalized spacial score (nSPS) is 11.1. The average Bonchev–Trinajstić information content (AvgIpc) is 3.31. The summed E-state index contributed by atoms with van der Waals surface area (Å²) in [5.74, 6) is 0. The SMILES string of the molecule is F[B-](F)(F)F.F[B-](F)(F)F.c1ccc(-c2cc(-c3cccc(-c4cc(-c5ccccc5)[n+](-c5ccncc5)c(-c5ccccc5)c4)c3)cc(-c3ccccc3)[n+]2-c2ccncc2)cc1. The molecule has 0 N–H and O–H groups in total. The summed E-state index contributed by atoms with van der Waals surface area (Å²) in [7, 11) is -12.0. The Morgan fingerprint density at radius 3 is 0.750 bits per heavy atom. The molecule has 0 saturated carbocycles. The van der Waals surface area contributed by atoms with Gasteiger partial charge in [0, 0.05) is 95.6 Å². The molecule has 0 aliphatic carbocycles. The second-order valence-corrected chi connectivity index (χ2v) is 14.1. The number of hydrogen-bond donors (Lipinski definition) is 0. The summed E-state index contributed by atoms with van der Waals surface area (Å²) < 4.78 is 82.7. The zero-order valence-electron chi connectivity index (χ0n) is 33.8. The summed E-state index contributed by atoms with van der Waals surface area (Å²) >= 11 is 0. The molecule has 0 atom stereocenters. The first kappa shape index (κ1) is 44.3.